The Morgan fingerprint density at radius 2 is 1.70 bits per heavy atom. The van der Waals surface area contributed by atoms with E-state index >= 15 is 0 Å². The van der Waals surface area contributed by atoms with Gasteiger partial charge in [0.2, 0.25) is 0 Å². The fourth-order valence-electron chi connectivity index (χ4n) is 3.56. The molecule has 0 aliphatic heterocycles. The largest absolute Gasteiger partial charge is 0.256 e. The van der Waals surface area contributed by atoms with Crippen molar-refractivity contribution in [3.8, 4) is 11.3 Å². The monoisotopic (exact) mass is 300 g/mol. The van der Waals surface area contributed by atoms with Crippen LogP contribution in [0.15, 0.2) is 54.2 Å². The molecule has 3 aromatic rings. The summed E-state index contributed by atoms with van der Waals surface area (Å²) in [6.07, 6.45) is 1.87. The van der Waals surface area contributed by atoms with Gasteiger partial charge in [-0.2, -0.15) is 0 Å². The van der Waals surface area contributed by atoms with Crippen molar-refractivity contribution in [3.63, 3.8) is 0 Å². The molecule has 114 valence electrons. The highest BCUT2D eigenvalue weighted by Crippen LogP contribution is 2.45. The van der Waals surface area contributed by atoms with Crippen LogP contribution in [0.5, 0.6) is 0 Å². The number of aromatic nitrogens is 2. The third-order valence-corrected chi connectivity index (χ3v) is 5.32. The molecule has 0 atom stereocenters. The Hall–Kier alpha value is -2.48. The molecule has 2 heteroatoms. The summed E-state index contributed by atoms with van der Waals surface area (Å²) in [5.41, 5.74) is 8.29. The number of pyridine rings is 2. The highest BCUT2D eigenvalue weighted by Gasteiger charge is 2.33. The molecule has 0 unspecified atom stereocenters. The van der Waals surface area contributed by atoms with Crippen LogP contribution in [0.25, 0.3) is 27.7 Å². The van der Waals surface area contributed by atoms with Crippen LogP contribution in [-0.2, 0) is 5.41 Å². The van der Waals surface area contributed by atoms with Crippen molar-refractivity contribution < 1.29 is 0 Å². The van der Waals surface area contributed by atoms with Crippen molar-refractivity contribution in [1.29, 1.82) is 0 Å². The Morgan fingerprint density at radius 3 is 2.43 bits per heavy atom. The molecule has 4 rings (SSSR count). The summed E-state index contributed by atoms with van der Waals surface area (Å²) >= 11 is 0. The van der Waals surface area contributed by atoms with Crippen LogP contribution in [0.2, 0.25) is 0 Å². The van der Waals surface area contributed by atoms with E-state index in [9.17, 15) is 0 Å². The Morgan fingerprint density at radius 1 is 0.957 bits per heavy atom. The highest BCUT2D eigenvalue weighted by atomic mass is 14.8. The molecule has 2 heterocycles. The first-order valence-electron chi connectivity index (χ1n) is 8.04. The normalized spacial score (nSPS) is 16.0. The minimum atomic E-state index is -0.00909. The zero-order valence-corrected chi connectivity index (χ0v) is 14.0. The minimum Gasteiger partial charge on any atom is -0.256 e. The van der Waals surface area contributed by atoms with Crippen LogP contribution in [0, 0.1) is 0 Å². The zero-order valence-electron chi connectivity index (χ0n) is 14.0. The van der Waals surface area contributed by atoms with Crippen molar-refractivity contribution >= 4 is 16.5 Å². The summed E-state index contributed by atoms with van der Waals surface area (Å²) < 4.78 is 0. The number of rotatable bonds is 1. The number of allylic oxidation sites excluding steroid dienone is 2. The van der Waals surface area contributed by atoms with Gasteiger partial charge in [-0.3, -0.25) is 4.98 Å². The lowest BCUT2D eigenvalue weighted by Gasteiger charge is -2.34. The molecule has 23 heavy (non-hydrogen) atoms. The van der Waals surface area contributed by atoms with Gasteiger partial charge in [-0.1, -0.05) is 49.8 Å². The lowest BCUT2D eigenvalue weighted by molar-refractivity contribution is 0.625. The third kappa shape index (κ3) is 1.94. The van der Waals surface area contributed by atoms with Crippen LogP contribution in [0.3, 0.4) is 0 Å². The van der Waals surface area contributed by atoms with Gasteiger partial charge in [0.15, 0.2) is 0 Å². The molecule has 1 aliphatic carbocycles. The fourth-order valence-corrected chi connectivity index (χ4v) is 3.56. The predicted octanol–water partition coefficient (Wildman–Crippen LogP) is 5.38. The van der Waals surface area contributed by atoms with E-state index < -0.39 is 0 Å². The topological polar surface area (TPSA) is 25.8 Å². The molecule has 0 N–H and O–H groups in total. The van der Waals surface area contributed by atoms with Gasteiger partial charge in [-0.05, 0) is 37.1 Å². The van der Waals surface area contributed by atoms with Crippen molar-refractivity contribution in [2.24, 2.45) is 0 Å². The second-order valence-electron chi connectivity index (χ2n) is 6.85. The van der Waals surface area contributed by atoms with E-state index in [4.69, 9.17) is 4.98 Å². The molecule has 0 amide bonds. The molecular formula is C21H20N2. The van der Waals surface area contributed by atoms with Crippen LogP contribution >= 0.6 is 0 Å². The van der Waals surface area contributed by atoms with Crippen LogP contribution in [-0.4, -0.2) is 9.97 Å². The van der Waals surface area contributed by atoms with Gasteiger partial charge in [0, 0.05) is 22.6 Å². The molecule has 0 saturated carbocycles. The van der Waals surface area contributed by atoms with Crippen LogP contribution in [0.1, 0.15) is 39.0 Å². The second-order valence-corrected chi connectivity index (χ2v) is 6.85. The lowest BCUT2D eigenvalue weighted by atomic mass is 9.70. The lowest BCUT2D eigenvalue weighted by Crippen LogP contribution is -2.24. The highest BCUT2D eigenvalue weighted by molar-refractivity contribution is 5.97. The summed E-state index contributed by atoms with van der Waals surface area (Å²) in [7, 11) is 0. The smallest absolute Gasteiger partial charge is 0.0755 e. The van der Waals surface area contributed by atoms with Gasteiger partial charge in [0.1, 0.15) is 0 Å². The second kappa shape index (κ2) is 4.76. The molecule has 0 bridgehead atoms. The maximum atomic E-state index is 4.91. The van der Waals surface area contributed by atoms with E-state index in [1.165, 1.54) is 22.1 Å². The summed E-state index contributed by atoms with van der Waals surface area (Å²) in [6.45, 7) is 8.99. The summed E-state index contributed by atoms with van der Waals surface area (Å²) in [6, 6.07) is 14.7. The Balaban J connectivity index is 2.11. The van der Waals surface area contributed by atoms with Gasteiger partial charge in [-0.15, -0.1) is 0 Å². The van der Waals surface area contributed by atoms with E-state index in [-0.39, 0.29) is 5.41 Å². The van der Waals surface area contributed by atoms with E-state index in [1.807, 2.05) is 18.3 Å². The molecule has 2 nitrogen and oxygen atoms in total. The molecule has 0 spiro atoms. The van der Waals surface area contributed by atoms with E-state index in [1.54, 1.807) is 0 Å². The molecule has 0 radical (unpaired) electrons. The molecule has 1 aromatic carbocycles. The van der Waals surface area contributed by atoms with E-state index in [0.29, 0.717) is 0 Å². The number of benzene rings is 1. The van der Waals surface area contributed by atoms with Crippen molar-refractivity contribution in [2.75, 3.05) is 0 Å². The molecule has 0 saturated heterocycles. The van der Waals surface area contributed by atoms with Gasteiger partial charge >= 0.3 is 0 Å². The summed E-state index contributed by atoms with van der Waals surface area (Å²) in [5.74, 6) is 0. The van der Waals surface area contributed by atoms with Crippen LogP contribution in [0.4, 0.5) is 0 Å². The van der Waals surface area contributed by atoms with Gasteiger partial charge in [0.05, 0.1) is 16.9 Å². The van der Waals surface area contributed by atoms with Gasteiger partial charge < -0.3 is 0 Å². The molecule has 0 fully saturated rings. The molecule has 1 aliphatic rings. The number of hydrogen-bond acceptors (Lipinski definition) is 2. The standard InChI is InChI=1S/C21H20N2/c1-13-14(2)21(3,4)16-12-18(15-8-6-5-7-9-15)23-17-10-11-22-20(13)19(16)17/h5-12H,1-4H3. The average Bonchev–Trinajstić information content (AvgIpc) is 2.58. The van der Waals surface area contributed by atoms with Gasteiger partial charge in [-0.25, -0.2) is 4.98 Å². The average molecular weight is 300 g/mol. The Kier molecular flexibility index (Phi) is 2.92. The first-order chi connectivity index (χ1) is 11.0. The Labute approximate surface area is 136 Å². The minimum absolute atomic E-state index is 0.00909. The van der Waals surface area contributed by atoms with Crippen molar-refractivity contribution in [3.05, 3.63) is 65.5 Å². The molecular weight excluding hydrogens is 280 g/mol. The fraction of sp³-hybridized carbons (Fsp3) is 0.238. The first-order valence-corrected chi connectivity index (χ1v) is 8.04. The van der Waals surface area contributed by atoms with E-state index in [2.05, 4.69) is 63.0 Å². The Bertz CT molecular complexity index is 950. The van der Waals surface area contributed by atoms with E-state index in [0.717, 1.165) is 22.5 Å². The predicted molar refractivity (Wildman–Crippen MR) is 96.3 cm³/mol. The zero-order chi connectivity index (χ0) is 16.2. The van der Waals surface area contributed by atoms with Gasteiger partial charge in [0.25, 0.3) is 0 Å². The third-order valence-electron chi connectivity index (χ3n) is 5.32. The van der Waals surface area contributed by atoms with Crippen molar-refractivity contribution in [1.82, 2.24) is 9.97 Å². The number of hydrogen-bond donors (Lipinski definition) is 0. The maximum Gasteiger partial charge on any atom is 0.0755 e. The van der Waals surface area contributed by atoms with Crippen LogP contribution < -0.4 is 0 Å². The quantitative estimate of drug-likeness (QED) is 0.603. The number of nitrogens with zero attached hydrogens (tertiary/aromatic N) is 2. The summed E-state index contributed by atoms with van der Waals surface area (Å²) in [5, 5.41) is 1.21. The van der Waals surface area contributed by atoms with Crippen molar-refractivity contribution in [2.45, 2.75) is 33.1 Å². The maximum absolute atomic E-state index is 4.91. The first kappa shape index (κ1) is 14.1. The summed E-state index contributed by atoms with van der Waals surface area (Å²) in [4.78, 5) is 9.55. The molecule has 2 aromatic heterocycles. The SMILES string of the molecule is CC1=C(C)C(C)(C)c2cc(-c3ccccc3)nc3ccnc1c23.